The van der Waals surface area contributed by atoms with E-state index in [4.69, 9.17) is 0 Å². The van der Waals surface area contributed by atoms with E-state index >= 15 is 0 Å². The van der Waals surface area contributed by atoms with Crippen molar-refractivity contribution in [1.82, 2.24) is 5.32 Å². The normalized spacial score (nSPS) is 12.8. The Morgan fingerprint density at radius 3 is 2.43 bits per heavy atom. The lowest BCUT2D eigenvalue weighted by atomic mass is 10.0. The van der Waals surface area contributed by atoms with Crippen molar-refractivity contribution in [1.29, 1.82) is 0 Å². The summed E-state index contributed by atoms with van der Waals surface area (Å²) in [4.78, 5) is 0. The van der Waals surface area contributed by atoms with Crippen molar-refractivity contribution in [2.45, 2.75) is 25.9 Å². The molecule has 0 saturated heterocycles. The van der Waals surface area contributed by atoms with Crippen LogP contribution in [0.1, 0.15) is 30.6 Å². The fourth-order valence-electron chi connectivity index (χ4n) is 1.51. The molecule has 0 aromatic heterocycles. The largest absolute Gasteiger partial charge is 0.387 e. The molecule has 14 heavy (non-hydrogen) atoms. The van der Waals surface area contributed by atoms with E-state index in [0.717, 1.165) is 12.0 Å². The molecule has 0 saturated carbocycles. The maximum Gasteiger partial charge on any atom is 0.0914 e. The minimum absolute atomic E-state index is 0.393. The van der Waals surface area contributed by atoms with Gasteiger partial charge in [-0.2, -0.15) is 0 Å². The molecule has 2 nitrogen and oxygen atoms in total. The van der Waals surface area contributed by atoms with Crippen LogP contribution in [0.2, 0.25) is 0 Å². The first-order chi connectivity index (χ1) is 6.77. The monoisotopic (exact) mass is 193 g/mol. The maximum absolute atomic E-state index is 9.68. The first-order valence-electron chi connectivity index (χ1n) is 5.19. The third-order valence-corrected chi connectivity index (χ3v) is 2.30. The number of hydrogen-bond acceptors (Lipinski definition) is 2. The zero-order chi connectivity index (χ0) is 10.4. The van der Waals surface area contributed by atoms with Gasteiger partial charge in [-0.15, -0.1) is 0 Å². The van der Waals surface area contributed by atoms with Crippen molar-refractivity contribution in [2.75, 3.05) is 13.6 Å². The predicted molar refractivity (Wildman–Crippen MR) is 59.3 cm³/mol. The number of aryl methyl sites for hydroxylation is 1. The molecule has 1 rings (SSSR count). The molecule has 0 aliphatic rings. The van der Waals surface area contributed by atoms with Crippen LogP contribution in [0.25, 0.3) is 0 Å². The van der Waals surface area contributed by atoms with Gasteiger partial charge >= 0.3 is 0 Å². The molecular weight excluding hydrogens is 174 g/mol. The van der Waals surface area contributed by atoms with Gasteiger partial charge in [0.1, 0.15) is 0 Å². The van der Waals surface area contributed by atoms with E-state index in [9.17, 15) is 5.11 Å². The predicted octanol–water partition coefficient (Wildman–Crippen LogP) is 1.89. The van der Waals surface area contributed by atoms with E-state index in [1.807, 2.05) is 19.2 Å². The summed E-state index contributed by atoms with van der Waals surface area (Å²) in [6, 6.07) is 8.20. The Balaban J connectivity index is 2.62. The first kappa shape index (κ1) is 11.2. The lowest BCUT2D eigenvalue weighted by Gasteiger charge is -2.10. The molecule has 0 amide bonds. The van der Waals surface area contributed by atoms with E-state index in [2.05, 4.69) is 24.4 Å². The highest BCUT2D eigenvalue weighted by Gasteiger charge is 2.04. The van der Waals surface area contributed by atoms with Crippen LogP contribution in [0, 0.1) is 0 Å². The van der Waals surface area contributed by atoms with Gasteiger partial charge in [-0.3, -0.25) is 0 Å². The van der Waals surface area contributed by atoms with Crippen LogP contribution in [0.15, 0.2) is 24.3 Å². The molecule has 0 fully saturated rings. The quantitative estimate of drug-likeness (QED) is 0.748. The SMILES string of the molecule is CCCc1ccc(C(O)CNC)cc1. The maximum atomic E-state index is 9.68. The van der Waals surface area contributed by atoms with Crippen LogP contribution in [0.5, 0.6) is 0 Å². The second kappa shape index (κ2) is 5.78. The highest BCUT2D eigenvalue weighted by molar-refractivity contribution is 5.24. The lowest BCUT2D eigenvalue weighted by Crippen LogP contribution is -2.16. The zero-order valence-electron chi connectivity index (χ0n) is 8.96. The molecule has 0 heterocycles. The second-order valence-corrected chi connectivity index (χ2v) is 3.57. The Bertz CT molecular complexity index is 256. The third kappa shape index (κ3) is 3.13. The van der Waals surface area contributed by atoms with E-state index in [1.165, 1.54) is 12.0 Å². The summed E-state index contributed by atoms with van der Waals surface area (Å²) in [7, 11) is 1.84. The van der Waals surface area contributed by atoms with Gasteiger partial charge in [0.15, 0.2) is 0 Å². The number of aliphatic hydroxyl groups excluding tert-OH is 1. The lowest BCUT2D eigenvalue weighted by molar-refractivity contribution is 0.178. The standard InChI is InChI=1S/C12H19NO/c1-3-4-10-5-7-11(8-6-10)12(14)9-13-2/h5-8,12-14H,3-4,9H2,1-2H3. The summed E-state index contributed by atoms with van der Waals surface area (Å²) in [6.07, 6.45) is 1.89. The molecule has 0 spiro atoms. The Morgan fingerprint density at radius 2 is 1.93 bits per heavy atom. The Hall–Kier alpha value is -0.860. The number of hydrogen-bond donors (Lipinski definition) is 2. The van der Waals surface area contributed by atoms with Crippen LogP contribution in [-0.4, -0.2) is 18.7 Å². The minimum Gasteiger partial charge on any atom is -0.387 e. The van der Waals surface area contributed by atoms with Crippen molar-refractivity contribution in [3.05, 3.63) is 35.4 Å². The Kier molecular flexibility index (Phi) is 4.63. The fraction of sp³-hybridized carbons (Fsp3) is 0.500. The van der Waals surface area contributed by atoms with E-state index in [1.54, 1.807) is 0 Å². The fourth-order valence-corrected chi connectivity index (χ4v) is 1.51. The van der Waals surface area contributed by atoms with Crippen LogP contribution in [0.4, 0.5) is 0 Å². The summed E-state index contributed by atoms with van der Waals surface area (Å²) < 4.78 is 0. The summed E-state index contributed by atoms with van der Waals surface area (Å²) in [5, 5.41) is 12.6. The van der Waals surface area contributed by atoms with Gasteiger partial charge in [0.25, 0.3) is 0 Å². The molecule has 1 aromatic carbocycles. The second-order valence-electron chi connectivity index (χ2n) is 3.57. The van der Waals surface area contributed by atoms with Crippen LogP contribution < -0.4 is 5.32 Å². The van der Waals surface area contributed by atoms with Crippen LogP contribution in [0.3, 0.4) is 0 Å². The van der Waals surface area contributed by atoms with E-state index in [-0.39, 0.29) is 0 Å². The summed E-state index contributed by atoms with van der Waals surface area (Å²) in [5.41, 5.74) is 2.33. The van der Waals surface area contributed by atoms with Crippen LogP contribution in [-0.2, 0) is 6.42 Å². The van der Waals surface area contributed by atoms with Gasteiger partial charge in [0.05, 0.1) is 6.10 Å². The third-order valence-electron chi connectivity index (χ3n) is 2.30. The van der Waals surface area contributed by atoms with Gasteiger partial charge in [-0.1, -0.05) is 37.6 Å². The number of rotatable bonds is 5. The van der Waals surface area contributed by atoms with Gasteiger partial charge in [0.2, 0.25) is 0 Å². The van der Waals surface area contributed by atoms with Crippen molar-refractivity contribution >= 4 is 0 Å². The molecule has 0 aliphatic heterocycles. The van der Waals surface area contributed by atoms with Crippen LogP contribution >= 0.6 is 0 Å². The topological polar surface area (TPSA) is 32.3 Å². The van der Waals surface area contributed by atoms with Gasteiger partial charge in [-0.05, 0) is 24.6 Å². The summed E-state index contributed by atoms with van der Waals surface area (Å²) >= 11 is 0. The molecule has 1 atom stereocenters. The highest BCUT2D eigenvalue weighted by Crippen LogP contribution is 2.13. The summed E-state index contributed by atoms with van der Waals surface area (Å²) in [6.45, 7) is 2.77. The molecule has 2 N–H and O–H groups in total. The van der Waals surface area contributed by atoms with Crippen molar-refractivity contribution < 1.29 is 5.11 Å². The number of nitrogens with one attached hydrogen (secondary N) is 1. The average Bonchev–Trinajstić information content (AvgIpc) is 2.20. The van der Waals surface area contributed by atoms with E-state index < -0.39 is 6.10 Å². The van der Waals surface area contributed by atoms with E-state index in [0.29, 0.717) is 6.54 Å². The Morgan fingerprint density at radius 1 is 1.29 bits per heavy atom. The van der Waals surface area contributed by atoms with Gasteiger partial charge < -0.3 is 10.4 Å². The molecule has 1 aromatic rings. The number of aliphatic hydroxyl groups is 1. The number of benzene rings is 1. The van der Waals surface area contributed by atoms with Gasteiger partial charge in [-0.25, -0.2) is 0 Å². The van der Waals surface area contributed by atoms with Crippen molar-refractivity contribution in [3.63, 3.8) is 0 Å². The molecule has 0 bridgehead atoms. The Labute approximate surface area is 86.0 Å². The van der Waals surface area contributed by atoms with Crippen molar-refractivity contribution in [2.24, 2.45) is 0 Å². The summed E-state index contributed by atoms with van der Waals surface area (Å²) in [5.74, 6) is 0. The highest BCUT2D eigenvalue weighted by atomic mass is 16.3. The zero-order valence-corrected chi connectivity index (χ0v) is 8.96. The smallest absolute Gasteiger partial charge is 0.0914 e. The molecule has 1 unspecified atom stereocenters. The molecule has 0 radical (unpaired) electrons. The average molecular weight is 193 g/mol. The molecular formula is C12H19NO. The van der Waals surface area contributed by atoms with Crippen molar-refractivity contribution in [3.8, 4) is 0 Å². The molecule has 78 valence electrons. The first-order valence-corrected chi connectivity index (χ1v) is 5.19. The van der Waals surface area contributed by atoms with Gasteiger partial charge in [0, 0.05) is 6.54 Å². The number of likely N-dealkylation sites (N-methyl/N-ethyl adjacent to an activating group) is 1. The molecule has 0 aliphatic carbocycles. The molecule has 2 heteroatoms. The minimum atomic E-state index is -0.393.